The second kappa shape index (κ2) is 10.5. The lowest BCUT2D eigenvalue weighted by molar-refractivity contribution is 0.192. The zero-order valence-electron chi connectivity index (χ0n) is 21.9. The van der Waals surface area contributed by atoms with E-state index in [2.05, 4.69) is 43.2 Å². The summed E-state index contributed by atoms with van der Waals surface area (Å²) in [5, 5.41) is 13.8. The van der Waals surface area contributed by atoms with E-state index in [9.17, 15) is 19.5 Å². The Labute approximate surface area is 250 Å². The Morgan fingerprint density at radius 1 is 1.23 bits per heavy atom. The molecule has 7 heterocycles. The van der Waals surface area contributed by atoms with Gasteiger partial charge in [-0.15, -0.1) is 5.10 Å². The number of nitrogens with zero attached hydrogens (tertiary/aromatic N) is 5. The first-order chi connectivity index (χ1) is 20.9. The summed E-state index contributed by atoms with van der Waals surface area (Å²) in [5.41, 5.74) is 10.8. The van der Waals surface area contributed by atoms with Crippen molar-refractivity contribution in [2.45, 2.75) is 25.4 Å². The topological polar surface area (TPSA) is 276 Å². The summed E-state index contributed by atoms with van der Waals surface area (Å²) in [6.07, 6.45) is 2.85. The quantitative estimate of drug-likeness (QED) is 0.126. The SMILES string of the molecule is Nc1nc2c(nnn2C2=C3C/C(=C\O[P+](O)(O)Oc4c(oc(N5C=CC6C(N)NCNC65)c4F)CO[P+](O)(S)O3)O2)c(=O)[nH]1. The van der Waals surface area contributed by atoms with Gasteiger partial charge < -0.3 is 25.5 Å². The molecule has 0 aromatic carbocycles. The molecule has 3 aromatic heterocycles. The van der Waals surface area contributed by atoms with Crippen LogP contribution < -0.4 is 37.1 Å². The number of halogens is 1. The highest BCUT2D eigenvalue weighted by molar-refractivity contribution is 8.47. The van der Waals surface area contributed by atoms with Gasteiger partial charge in [-0.25, -0.2) is 4.52 Å². The number of aromatic amines is 1. The predicted molar refractivity (Wildman–Crippen MR) is 151 cm³/mol. The highest BCUT2D eigenvalue weighted by Gasteiger charge is 2.50. The molecule has 10 N–H and O–H groups in total. The monoisotopic (exact) mass is 676 g/mol. The summed E-state index contributed by atoms with van der Waals surface area (Å²) >= 11 is 4.13. The molecule has 2 bridgehead atoms. The molecule has 0 spiro atoms. The molecule has 4 unspecified atom stereocenters. The number of hydrogen-bond donors (Lipinski definition) is 9. The smallest absolute Gasteiger partial charge is 0.436 e. The summed E-state index contributed by atoms with van der Waals surface area (Å²) in [6, 6.07) is 0. The molecule has 0 aliphatic carbocycles. The molecule has 0 saturated carbocycles. The van der Waals surface area contributed by atoms with Crippen LogP contribution in [0.15, 0.2) is 39.3 Å². The Bertz CT molecular complexity index is 1810. The van der Waals surface area contributed by atoms with Crippen LogP contribution in [0.4, 0.5) is 16.2 Å². The van der Waals surface area contributed by atoms with Gasteiger partial charge in [0.1, 0.15) is 12.2 Å². The van der Waals surface area contributed by atoms with E-state index in [1.807, 2.05) is 0 Å². The Hall–Kier alpha value is -3.56. The molecule has 3 aromatic rings. The van der Waals surface area contributed by atoms with Crippen LogP contribution in [0.3, 0.4) is 0 Å². The van der Waals surface area contributed by atoms with Gasteiger partial charge in [0.15, 0.2) is 35.6 Å². The number of ether oxygens (including phenoxy) is 1. The number of nitrogens with two attached hydrogens (primary N) is 2. The number of anilines is 2. The van der Waals surface area contributed by atoms with Crippen molar-refractivity contribution in [1.82, 2.24) is 35.6 Å². The standard InChI is InChI=1S/C20H22FN10O10P2S/c21-11-13-10(39-19(11)30-2-1-8-14(22)24-6-25-15(8)30)5-37-43(35,44)40-9-3-7(4-36-42(33,34)41-13)38-18(9)31-16-12(28-29-31)17(32)27-20(23)26-16/h1-2,4,8,14-15,24-25,33-35,44H,3,5-6,22H2,(H2-,23,26,27,29,32)/q+1/p+1/b7-4+. The van der Waals surface area contributed by atoms with Gasteiger partial charge in [-0.3, -0.25) is 29.5 Å². The van der Waals surface area contributed by atoms with Crippen molar-refractivity contribution in [3.05, 3.63) is 52.0 Å². The number of H-pyrrole nitrogens is 1. The normalized spacial score (nSPS) is 29.3. The van der Waals surface area contributed by atoms with Crippen LogP contribution in [-0.4, -0.2) is 58.6 Å². The lowest BCUT2D eigenvalue weighted by Gasteiger charge is -2.36. The van der Waals surface area contributed by atoms with Crippen LogP contribution in [0.2, 0.25) is 0 Å². The summed E-state index contributed by atoms with van der Waals surface area (Å²) in [5.74, 6) is -3.71. The van der Waals surface area contributed by atoms with Crippen molar-refractivity contribution in [1.29, 1.82) is 0 Å². The maximum absolute atomic E-state index is 15.8. The lowest BCUT2D eigenvalue weighted by Crippen LogP contribution is -2.62. The van der Waals surface area contributed by atoms with E-state index < -0.39 is 57.1 Å². The van der Waals surface area contributed by atoms with Crippen LogP contribution in [0.25, 0.3) is 17.0 Å². The third-order valence-electron chi connectivity index (χ3n) is 6.74. The van der Waals surface area contributed by atoms with Crippen molar-refractivity contribution in [2.75, 3.05) is 17.3 Å². The molecule has 1 saturated heterocycles. The number of hydrogen-bond acceptors (Lipinski definition) is 19. The minimum Gasteiger partial charge on any atom is -0.436 e. The van der Waals surface area contributed by atoms with E-state index >= 15 is 4.39 Å². The van der Waals surface area contributed by atoms with Crippen molar-refractivity contribution < 1.29 is 46.3 Å². The van der Waals surface area contributed by atoms with Gasteiger partial charge in [-0.05, 0) is 0 Å². The van der Waals surface area contributed by atoms with Crippen molar-refractivity contribution in [3.8, 4) is 5.75 Å². The molecule has 4 aliphatic heterocycles. The summed E-state index contributed by atoms with van der Waals surface area (Å²) in [7, 11) is -8.97. The number of thiol groups is 1. The average molecular weight is 676 g/mol. The Kier molecular flexibility index (Phi) is 6.97. The van der Waals surface area contributed by atoms with Crippen LogP contribution >= 0.6 is 27.6 Å². The predicted octanol–water partition coefficient (Wildman–Crippen LogP) is -0.168. The van der Waals surface area contributed by atoms with Gasteiger partial charge in [-0.1, -0.05) is 11.3 Å². The molecule has 20 nitrogen and oxygen atoms in total. The molecule has 4 atom stereocenters. The molecule has 0 amide bonds. The fourth-order valence-electron chi connectivity index (χ4n) is 4.83. The van der Waals surface area contributed by atoms with E-state index in [1.165, 1.54) is 4.90 Å². The van der Waals surface area contributed by atoms with Crippen LogP contribution in [0.5, 0.6) is 5.75 Å². The first-order valence-electron chi connectivity index (χ1n) is 12.5. The number of furan rings is 1. The molecule has 7 rings (SSSR count). The van der Waals surface area contributed by atoms with Gasteiger partial charge >= 0.3 is 15.3 Å². The number of nitrogen functional groups attached to an aromatic ring is 1. The first kappa shape index (κ1) is 29.2. The fraction of sp³-hybridized carbons (Fsp3) is 0.300. The van der Waals surface area contributed by atoms with Gasteiger partial charge in [-0.2, -0.15) is 33.3 Å². The van der Waals surface area contributed by atoms with Crippen LogP contribution in [0.1, 0.15) is 12.2 Å². The highest BCUT2D eigenvalue weighted by atomic mass is 32.7. The van der Waals surface area contributed by atoms with Gasteiger partial charge in [0.2, 0.25) is 23.4 Å². The molecule has 44 heavy (non-hydrogen) atoms. The van der Waals surface area contributed by atoms with Crippen molar-refractivity contribution in [2.24, 2.45) is 11.7 Å². The largest absolute Gasteiger partial charge is 0.663 e. The minimum atomic E-state index is -4.85. The fourth-order valence-corrected chi connectivity index (χ4v) is 6.78. The van der Waals surface area contributed by atoms with Crippen molar-refractivity contribution >= 4 is 56.4 Å². The van der Waals surface area contributed by atoms with Gasteiger partial charge in [0.25, 0.3) is 17.2 Å². The number of nitrogens with one attached hydrogen (secondary N) is 3. The Morgan fingerprint density at radius 2 is 2.05 bits per heavy atom. The van der Waals surface area contributed by atoms with Crippen LogP contribution in [0, 0.1) is 11.7 Å². The van der Waals surface area contributed by atoms with E-state index in [-0.39, 0.29) is 52.7 Å². The Balaban J connectivity index is 1.25. The third-order valence-corrected chi connectivity index (χ3v) is 9.05. The Morgan fingerprint density at radius 3 is 2.86 bits per heavy atom. The number of rotatable bonds is 2. The minimum absolute atomic E-state index is 0.129. The van der Waals surface area contributed by atoms with Crippen LogP contribution in [-0.2, 0) is 24.9 Å². The van der Waals surface area contributed by atoms with Gasteiger partial charge in [0.05, 0.1) is 18.8 Å². The summed E-state index contributed by atoms with van der Waals surface area (Å²) in [4.78, 5) is 52.1. The molecule has 24 heteroatoms. The maximum Gasteiger partial charge on any atom is 0.663 e. The molecule has 1 fully saturated rings. The second-order valence-electron chi connectivity index (χ2n) is 9.61. The third kappa shape index (κ3) is 5.13. The first-order valence-corrected chi connectivity index (χ1v) is 16.8. The lowest BCUT2D eigenvalue weighted by atomic mass is 10.0. The molecular formula is C20H23FN10O10P2S+2. The van der Waals surface area contributed by atoms with Gasteiger partial charge in [0, 0.05) is 18.8 Å². The van der Waals surface area contributed by atoms with E-state index in [0.29, 0.717) is 6.67 Å². The maximum atomic E-state index is 15.8. The summed E-state index contributed by atoms with van der Waals surface area (Å²) < 4.78 is 49.6. The zero-order valence-corrected chi connectivity index (χ0v) is 24.6. The van der Waals surface area contributed by atoms with E-state index in [0.717, 1.165) is 10.9 Å². The van der Waals surface area contributed by atoms with E-state index in [4.69, 9.17) is 38.7 Å². The molecule has 0 radical (unpaired) electrons. The average Bonchev–Trinajstić information content (AvgIpc) is 3.72. The second-order valence-corrected chi connectivity index (χ2v) is 13.9. The zero-order chi connectivity index (χ0) is 31.0. The highest BCUT2D eigenvalue weighted by Crippen LogP contribution is 2.66. The molecule has 4 aliphatic rings. The molecule has 234 valence electrons. The number of aromatic nitrogens is 5. The number of fused-ring (bicyclic) bond motifs is 5. The summed E-state index contributed by atoms with van der Waals surface area (Å²) in [6.45, 7) is -0.394. The van der Waals surface area contributed by atoms with Crippen molar-refractivity contribution in [3.63, 3.8) is 0 Å². The molecular weight excluding hydrogens is 653 g/mol. The van der Waals surface area contributed by atoms with E-state index in [1.54, 1.807) is 12.3 Å².